The fourth-order valence-electron chi connectivity index (χ4n) is 3.41. The summed E-state index contributed by atoms with van der Waals surface area (Å²) in [4.78, 5) is 24.6. The molecule has 0 radical (unpaired) electrons. The van der Waals surface area contributed by atoms with E-state index in [9.17, 15) is 9.59 Å². The minimum Gasteiger partial charge on any atom is -0.466 e. The smallest absolute Gasteiger partial charge is 0.360 e. The summed E-state index contributed by atoms with van der Waals surface area (Å²) >= 11 is 0. The van der Waals surface area contributed by atoms with Crippen molar-refractivity contribution in [3.05, 3.63) is 60.0 Å². The molecule has 0 aliphatic carbocycles. The maximum Gasteiger partial charge on any atom is 0.360 e. The fourth-order valence-corrected chi connectivity index (χ4v) is 3.41. The summed E-state index contributed by atoms with van der Waals surface area (Å²) in [6, 6.07) is 14.0. The Kier molecular flexibility index (Phi) is 5.38. The van der Waals surface area contributed by atoms with E-state index in [1.54, 1.807) is 20.0 Å². The summed E-state index contributed by atoms with van der Waals surface area (Å²) in [6.45, 7) is 3.83. The van der Waals surface area contributed by atoms with Gasteiger partial charge in [0, 0.05) is 5.56 Å². The van der Waals surface area contributed by atoms with Crippen LogP contribution in [0.15, 0.2) is 48.7 Å². The van der Waals surface area contributed by atoms with Gasteiger partial charge in [0.05, 0.1) is 31.5 Å². The maximum atomic E-state index is 12.4. The van der Waals surface area contributed by atoms with Crippen molar-refractivity contribution in [1.29, 1.82) is 0 Å². The van der Waals surface area contributed by atoms with Crippen molar-refractivity contribution < 1.29 is 19.1 Å². The van der Waals surface area contributed by atoms with E-state index in [1.165, 1.54) is 4.52 Å². The number of aromatic nitrogens is 4. The minimum absolute atomic E-state index is 0.0510. The first-order valence-corrected chi connectivity index (χ1v) is 9.68. The Hall–Kier alpha value is -3.81. The van der Waals surface area contributed by atoms with Crippen LogP contribution in [0.1, 0.15) is 30.0 Å². The van der Waals surface area contributed by atoms with Gasteiger partial charge in [-0.05, 0) is 30.2 Å². The van der Waals surface area contributed by atoms with Crippen LogP contribution in [0, 0.1) is 0 Å². The second-order valence-electron chi connectivity index (χ2n) is 6.52. The molecule has 4 rings (SSSR count). The summed E-state index contributed by atoms with van der Waals surface area (Å²) < 4.78 is 11.6. The summed E-state index contributed by atoms with van der Waals surface area (Å²) in [5, 5.41) is 14.9. The first-order valence-electron chi connectivity index (χ1n) is 9.68. The molecular formula is C22H20N4O4. The van der Waals surface area contributed by atoms with Gasteiger partial charge < -0.3 is 9.47 Å². The first-order chi connectivity index (χ1) is 14.6. The minimum atomic E-state index is -0.659. The van der Waals surface area contributed by atoms with Crippen molar-refractivity contribution in [2.24, 2.45) is 0 Å². The van der Waals surface area contributed by atoms with E-state index in [0.29, 0.717) is 5.65 Å². The molecule has 0 saturated heterocycles. The molecule has 152 valence electrons. The molecule has 0 spiro atoms. The highest BCUT2D eigenvalue weighted by Gasteiger charge is 2.24. The Labute approximate surface area is 172 Å². The predicted molar refractivity (Wildman–Crippen MR) is 110 cm³/mol. The van der Waals surface area contributed by atoms with Crippen molar-refractivity contribution in [2.45, 2.75) is 20.3 Å². The lowest BCUT2D eigenvalue weighted by molar-refractivity contribution is -0.142. The van der Waals surface area contributed by atoms with Crippen LogP contribution in [0.4, 0.5) is 0 Å². The summed E-state index contributed by atoms with van der Waals surface area (Å²) in [6.07, 6.45) is 1.49. The predicted octanol–water partition coefficient (Wildman–Crippen LogP) is 3.23. The number of ether oxygens (including phenoxy) is 2. The number of rotatable bonds is 6. The monoisotopic (exact) mass is 404 g/mol. The molecule has 0 aliphatic heterocycles. The number of carbonyl (C=O) groups excluding carboxylic acids is 2. The van der Waals surface area contributed by atoms with Gasteiger partial charge in [0.1, 0.15) is 0 Å². The molecule has 8 nitrogen and oxygen atoms in total. The van der Waals surface area contributed by atoms with Crippen LogP contribution in [-0.4, -0.2) is 45.0 Å². The molecule has 0 fully saturated rings. The van der Waals surface area contributed by atoms with E-state index in [4.69, 9.17) is 9.47 Å². The van der Waals surface area contributed by atoms with Crippen LogP contribution in [0.25, 0.3) is 27.5 Å². The van der Waals surface area contributed by atoms with Crippen LogP contribution < -0.4 is 0 Å². The Balaban J connectivity index is 1.91. The molecule has 0 unspecified atom stereocenters. The second kappa shape index (κ2) is 8.28. The third-order valence-electron chi connectivity index (χ3n) is 4.68. The number of esters is 2. The average molecular weight is 404 g/mol. The molecule has 0 atom stereocenters. The molecule has 0 saturated carbocycles. The fraction of sp³-hybridized carbons (Fsp3) is 0.227. The molecule has 0 N–H and O–H groups in total. The Bertz CT molecular complexity index is 1240. The van der Waals surface area contributed by atoms with E-state index < -0.39 is 11.9 Å². The number of nitrogens with zero attached hydrogens (tertiary/aromatic N) is 4. The zero-order valence-corrected chi connectivity index (χ0v) is 16.7. The number of fused-ring (bicyclic) bond motifs is 2. The molecule has 2 aromatic carbocycles. The number of hydrogen-bond acceptors (Lipinski definition) is 7. The van der Waals surface area contributed by atoms with Gasteiger partial charge in [0.25, 0.3) is 0 Å². The second-order valence-corrected chi connectivity index (χ2v) is 6.52. The molecule has 30 heavy (non-hydrogen) atoms. The number of hydrogen-bond donors (Lipinski definition) is 0. The largest absolute Gasteiger partial charge is 0.466 e. The first kappa shape index (κ1) is 19.5. The van der Waals surface area contributed by atoms with Gasteiger partial charge in [-0.25, -0.2) is 9.31 Å². The van der Waals surface area contributed by atoms with Crippen LogP contribution in [0.5, 0.6) is 0 Å². The number of carbonyl (C=O) groups is 2. The standard InChI is InChI=1S/C22H20N4O4/c1-3-29-19(27)12-18-20(22(28)30-4-2)24-25-21-17(13-23-26(18)21)16-11-7-9-14-8-5-6-10-15(14)16/h5-11,13H,3-4,12H2,1-2H3. The maximum absolute atomic E-state index is 12.4. The SMILES string of the molecule is CCOC(=O)Cc1c(C(=O)OCC)nnc2c(-c3cccc4ccccc34)cnn12. The van der Waals surface area contributed by atoms with Gasteiger partial charge in [-0.15, -0.1) is 10.2 Å². The zero-order valence-electron chi connectivity index (χ0n) is 16.7. The van der Waals surface area contributed by atoms with Crippen molar-refractivity contribution in [2.75, 3.05) is 13.2 Å². The van der Waals surface area contributed by atoms with Crippen LogP contribution in [0.3, 0.4) is 0 Å². The van der Waals surface area contributed by atoms with Crippen molar-refractivity contribution in [1.82, 2.24) is 19.8 Å². The molecule has 2 aromatic heterocycles. The van der Waals surface area contributed by atoms with Gasteiger partial charge >= 0.3 is 11.9 Å². The van der Waals surface area contributed by atoms with E-state index in [2.05, 4.69) is 15.3 Å². The van der Waals surface area contributed by atoms with Gasteiger partial charge in [-0.3, -0.25) is 4.79 Å². The zero-order chi connectivity index (χ0) is 21.1. The lowest BCUT2D eigenvalue weighted by Crippen LogP contribution is -2.20. The lowest BCUT2D eigenvalue weighted by atomic mass is 10.0. The molecule has 4 aromatic rings. The lowest BCUT2D eigenvalue weighted by Gasteiger charge is -2.10. The molecule has 0 bridgehead atoms. The van der Waals surface area contributed by atoms with E-state index in [0.717, 1.165) is 21.9 Å². The van der Waals surface area contributed by atoms with Crippen LogP contribution >= 0.6 is 0 Å². The van der Waals surface area contributed by atoms with E-state index in [-0.39, 0.29) is 31.0 Å². The number of benzene rings is 2. The average Bonchev–Trinajstić information content (AvgIpc) is 3.18. The van der Waals surface area contributed by atoms with Gasteiger partial charge in [-0.1, -0.05) is 42.5 Å². The normalized spacial score (nSPS) is 11.0. The van der Waals surface area contributed by atoms with E-state index in [1.807, 2.05) is 42.5 Å². The molecule has 0 aliphatic rings. The molecule has 2 heterocycles. The van der Waals surface area contributed by atoms with Gasteiger partial charge in [0.2, 0.25) is 0 Å². The third kappa shape index (κ3) is 3.47. The van der Waals surface area contributed by atoms with Crippen molar-refractivity contribution in [3.8, 4) is 11.1 Å². The van der Waals surface area contributed by atoms with Crippen LogP contribution in [0.2, 0.25) is 0 Å². The van der Waals surface area contributed by atoms with Gasteiger partial charge in [-0.2, -0.15) is 5.10 Å². The highest BCUT2D eigenvalue weighted by atomic mass is 16.5. The summed E-state index contributed by atoms with van der Waals surface area (Å²) in [5.74, 6) is -1.15. The highest BCUT2D eigenvalue weighted by molar-refractivity contribution is 5.99. The highest BCUT2D eigenvalue weighted by Crippen LogP contribution is 2.31. The van der Waals surface area contributed by atoms with Gasteiger partial charge in [0.15, 0.2) is 11.3 Å². The van der Waals surface area contributed by atoms with Crippen molar-refractivity contribution >= 4 is 28.4 Å². The summed E-state index contributed by atoms with van der Waals surface area (Å²) in [5.41, 5.74) is 2.36. The Morgan fingerprint density at radius 1 is 0.933 bits per heavy atom. The van der Waals surface area contributed by atoms with Crippen molar-refractivity contribution in [3.63, 3.8) is 0 Å². The van der Waals surface area contributed by atoms with Crippen LogP contribution in [-0.2, 0) is 20.7 Å². The third-order valence-corrected chi connectivity index (χ3v) is 4.68. The molecule has 8 heteroatoms. The Morgan fingerprint density at radius 3 is 2.50 bits per heavy atom. The summed E-state index contributed by atoms with van der Waals surface area (Å²) in [7, 11) is 0. The Morgan fingerprint density at radius 2 is 1.70 bits per heavy atom. The molecule has 0 amide bonds. The quantitative estimate of drug-likeness (QED) is 0.455. The molecular weight excluding hydrogens is 384 g/mol. The topological polar surface area (TPSA) is 95.7 Å². The van der Waals surface area contributed by atoms with E-state index >= 15 is 0 Å².